The van der Waals surface area contributed by atoms with Gasteiger partial charge in [-0.2, -0.15) is 0 Å². The van der Waals surface area contributed by atoms with Crippen molar-refractivity contribution in [3.8, 4) is 11.8 Å². The zero-order chi connectivity index (χ0) is 5.82. The third-order valence-corrected chi connectivity index (χ3v) is 2.24. The van der Waals surface area contributed by atoms with Crippen molar-refractivity contribution in [3.63, 3.8) is 0 Å². The molecule has 1 aliphatic rings. The van der Waals surface area contributed by atoms with Gasteiger partial charge in [0, 0.05) is 6.42 Å². The minimum Gasteiger partial charge on any atom is -0.149 e. The third-order valence-electron chi connectivity index (χ3n) is 1.32. The number of rotatable bonds is 1. The van der Waals surface area contributed by atoms with E-state index in [-0.39, 0.29) is 0 Å². The molecule has 0 amide bonds. The average molecular weight is 126 g/mol. The van der Waals surface area contributed by atoms with Crippen molar-refractivity contribution >= 4 is 11.8 Å². The second-order valence-corrected chi connectivity index (χ2v) is 2.98. The first-order chi connectivity index (χ1) is 3.93. The molecule has 1 unspecified atom stereocenters. The summed E-state index contributed by atoms with van der Waals surface area (Å²) in [7, 11) is 0. The Balaban J connectivity index is 2.39. The molecule has 0 aliphatic heterocycles. The molecule has 0 saturated heterocycles. The predicted molar refractivity (Wildman–Crippen MR) is 38.9 cm³/mol. The average Bonchev–Trinajstić information content (AvgIpc) is 1.90. The van der Waals surface area contributed by atoms with Crippen molar-refractivity contribution in [3.05, 3.63) is 0 Å². The van der Waals surface area contributed by atoms with Crippen LogP contribution < -0.4 is 0 Å². The van der Waals surface area contributed by atoms with Gasteiger partial charge in [-0.3, -0.25) is 0 Å². The highest BCUT2D eigenvalue weighted by atomic mass is 32.2. The van der Waals surface area contributed by atoms with Crippen molar-refractivity contribution in [1.29, 1.82) is 0 Å². The molecule has 1 rings (SSSR count). The van der Waals surface area contributed by atoms with Crippen LogP contribution in [0.15, 0.2) is 0 Å². The van der Waals surface area contributed by atoms with Crippen molar-refractivity contribution < 1.29 is 0 Å². The van der Waals surface area contributed by atoms with Gasteiger partial charge in [0.2, 0.25) is 0 Å². The molecule has 1 heteroatoms. The summed E-state index contributed by atoms with van der Waals surface area (Å²) >= 11 is 1.87. The molecular formula is C7H10S. The van der Waals surface area contributed by atoms with Crippen molar-refractivity contribution in [2.24, 2.45) is 0 Å². The van der Waals surface area contributed by atoms with Gasteiger partial charge in [0.05, 0.1) is 5.25 Å². The van der Waals surface area contributed by atoms with Crippen LogP contribution in [0.5, 0.6) is 0 Å². The Kier molecular flexibility index (Phi) is 2.29. The van der Waals surface area contributed by atoms with Gasteiger partial charge >= 0.3 is 0 Å². The first-order valence-corrected chi connectivity index (χ1v) is 4.23. The van der Waals surface area contributed by atoms with Crippen LogP contribution in [0.1, 0.15) is 19.3 Å². The van der Waals surface area contributed by atoms with Gasteiger partial charge in [-0.15, -0.1) is 17.7 Å². The standard InChI is InChI=1S/C7H10S/c1-8-7-5-3-2-4-6-7/h7H,2-3,5H2,1H3. The molecule has 0 aromatic heterocycles. The Hall–Kier alpha value is -0.0900. The molecule has 0 fully saturated rings. The Labute approximate surface area is 55.0 Å². The highest BCUT2D eigenvalue weighted by Gasteiger charge is 2.03. The van der Waals surface area contributed by atoms with E-state index in [1.165, 1.54) is 12.8 Å². The van der Waals surface area contributed by atoms with Crippen molar-refractivity contribution in [1.82, 2.24) is 0 Å². The van der Waals surface area contributed by atoms with E-state index in [4.69, 9.17) is 0 Å². The van der Waals surface area contributed by atoms with Crippen LogP contribution in [0.3, 0.4) is 0 Å². The van der Waals surface area contributed by atoms with Crippen LogP contribution in [-0.2, 0) is 0 Å². The van der Waals surface area contributed by atoms with Crippen LogP contribution in [0.25, 0.3) is 0 Å². The zero-order valence-corrected chi connectivity index (χ0v) is 5.92. The van der Waals surface area contributed by atoms with Crippen molar-refractivity contribution in [2.75, 3.05) is 6.26 Å². The second kappa shape index (κ2) is 3.04. The molecule has 0 aromatic carbocycles. The molecule has 0 spiro atoms. The topological polar surface area (TPSA) is 0 Å². The van der Waals surface area contributed by atoms with E-state index in [2.05, 4.69) is 18.1 Å². The van der Waals surface area contributed by atoms with E-state index in [0.717, 1.165) is 6.42 Å². The van der Waals surface area contributed by atoms with E-state index < -0.39 is 0 Å². The van der Waals surface area contributed by atoms with Gasteiger partial charge in [0.15, 0.2) is 0 Å². The molecule has 0 aromatic rings. The molecule has 0 nitrogen and oxygen atoms in total. The Morgan fingerprint density at radius 1 is 1.62 bits per heavy atom. The maximum absolute atomic E-state index is 3.18. The summed E-state index contributed by atoms with van der Waals surface area (Å²) in [5.74, 6) is 6.30. The Morgan fingerprint density at radius 3 is 2.88 bits per heavy atom. The largest absolute Gasteiger partial charge is 0.149 e. The summed E-state index contributed by atoms with van der Waals surface area (Å²) < 4.78 is 0. The lowest BCUT2D eigenvalue weighted by Crippen LogP contribution is -2.00. The first-order valence-electron chi connectivity index (χ1n) is 2.94. The normalized spacial score (nSPS) is 26.4. The molecule has 1 aliphatic carbocycles. The molecule has 0 heterocycles. The van der Waals surface area contributed by atoms with Gasteiger partial charge in [-0.05, 0) is 19.1 Å². The molecule has 1 atom stereocenters. The van der Waals surface area contributed by atoms with Crippen LogP contribution in [-0.4, -0.2) is 11.5 Å². The maximum atomic E-state index is 3.18. The van der Waals surface area contributed by atoms with Crippen LogP contribution in [0.4, 0.5) is 0 Å². The maximum Gasteiger partial charge on any atom is 0.0654 e. The number of hydrogen-bond acceptors (Lipinski definition) is 1. The highest BCUT2D eigenvalue weighted by molar-refractivity contribution is 7.99. The smallest absolute Gasteiger partial charge is 0.0654 e. The van der Waals surface area contributed by atoms with E-state index in [0.29, 0.717) is 5.25 Å². The monoisotopic (exact) mass is 126 g/mol. The van der Waals surface area contributed by atoms with Gasteiger partial charge in [0.1, 0.15) is 0 Å². The van der Waals surface area contributed by atoms with Crippen LogP contribution in [0.2, 0.25) is 0 Å². The SMILES string of the molecule is CSC1C#CCCC1. The Bertz CT molecular complexity index is 118. The fourth-order valence-electron chi connectivity index (χ4n) is 0.811. The van der Waals surface area contributed by atoms with Crippen LogP contribution in [0, 0.1) is 11.8 Å². The molecule has 44 valence electrons. The van der Waals surface area contributed by atoms with Crippen LogP contribution >= 0.6 is 11.8 Å². The van der Waals surface area contributed by atoms with Crippen molar-refractivity contribution in [2.45, 2.75) is 24.5 Å². The predicted octanol–water partition coefficient (Wildman–Crippen LogP) is 1.91. The van der Waals surface area contributed by atoms with E-state index in [9.17, 15) is 0 Å². The molecule has 0 N–H and O–H groups in total. The molecule has 8 heavy (non-hydrogen) atoms. The van der Waals surface area contributed by atoms with Gasteiger partial charge in [-0.25, -0.2) is 0 Å². The highest BCUT2D eigenvalue weighted by Crippen LogP contribution is 2.15. The number of hydrogen-bond donors (Lipinski definition) is 0. The summed E-state index contributed by atoms with van der Waals surface area (Å²) in [6.45, 7) is 0. The lowest BCUT2D eigenvalue weighted by atomic mass is 10.1. The molecular weight excluding hydrogens is 116 g/mol. The van der Waals surface area contributed by atoms with E-state index in [1.807, 2.05) is 11.8 Å². The van der Waals surface area contributed by atoms with E-state index >= 15 is 0 Å². The number of thioether (sulfide) groups is 1. The van der Waals surface area contributed by atoms with Gasteiger partial charge < -0.3 is 0 Å². The summed E-state index contributed by atoms with van der Waals surface area (Å²) in [4.78, 5) is 0. The van der Waals surface area contributed by atoms with Gasteiger partial charge in [-0.1, -0.05) is 5.92 Å². The summed E-state index contributed by atoms with van der Waals surface area (Å²) in [5.41, 5.74) is 0. The minimum atomic E-state index is 0.642. The summed E-state index contributed by atoms with van der Waals surface area (Å²) in [6, 6.07) is 0. The van der Waals surface area contributed by atoms with Gasteiger partial charge in [0.25, 0.3) is 0 Å². The summed E-state index contributed by atoms with van der Waals surface area (Å²) in [6.07, 6.45) is 5.86. The minimum absolute atomic E-state index is 0.642. The molecule has 0 radical (unpaired) electrons. The molecule has 0 bridgehead atoms. The zero-order valence-electron chi connectivity index (χ0n) is 5.11. The first kappa shape index (κ1) is 6.04. The fourth-order valence-corrected chi connectivity index (χ4v) is 1.41. The fraction of sp³-hybridized carbons (Fsp3) is 0.714. The quantitative estimate of drug-likeness (QED) is 0.484. The Morgan fingerprint density at radius 2 is 2.50 bits per heavy atom. The third kappa shape index (κ3) is 1.45. The summed E-state index contributed by atoms with van der Waals surface area (Å²) in [5, 5.41) is 0.642. The van der Waals surface area contributed by atoms with E-state index in [1.54, 1.807) is 0 Å². The molecule has 0 saturated carbocycles. The lowest BCUT2D eigenvalue weighted by molar-refractivity contribution is 0.774. The second-order valence-electron chi connectivity index (χ2n) is 1.94. The lowest BCUT2D eigenvalue weighted by Gasteiger charge is -2.08.